The number of nitrogens with one attached hydrogen (secondary N) is 1. The van der Waals surface area contributed by atoms with Crippen LogP contribution in [0.15, 0.2) is 54.6 Å². The molecule has 1 aliphatic heterocycles. The number of fused-ring (bicyclic) bond motifs is 2. The zero-order valence-electron chi connectivity index (χ0n) is 23.9. The van der Waals surface area contributed by atoms with Gasteiger partial charge in [0.15, 0.2) is 0 Å². The second-order valence-corrected chi connectivity index (χ2v) is 11.8. The molecule has 0 saturated heterocycles. The molecule has 0 fully saturated rings. The average molecular weight is 524 g/mol. The molecule has 2 aliphatic rings. The Labute approximate surface area is 232 Å². The van der Waals surface area contributed by atoms with Crippen LogP contribution < -0.4 is 16.0 Å². The Bertz CT molecular complexity index is 1390. The highest BCUT2D eigenvalue weighted by Crippen LogP contribution is 2.41. The lowest BCUT2D eigenvalue weighted by molar-refractivity contribution is -0.123. The molecule has 5 rings (SSSR count). The molecule has 39 heavy (non-hydrogen) atoms. The summed E-state index contributed by atoms with van der Waals surface area (Å²) in [5.41, 5.74) is 17.2. The Morgan fingerprint density at radius 3 is 2.44 bits per heavy atom. The van der Waals surface area contributed by atoms with Crippen LogP contribution in [0.5, 0.6) is 0 Å². The van der Waals surface area contributed by atoms with Crippen LogP contribution in [0.4, 0.5) is 5.69 Å². The molecule has 204 valence electrons. The van der Waals surface area contributed by atoms with Gasteiger partial charge in [0, 0.05) is 19.2 Å². The van der Waals surface area contributed by atoms with Gasteiger partial charge in [0.05, 0.1) is 12.1 Å². The maximum absolute atomic E-state index is 13.3. The van der Waals surface area contributed by atoms with Crippen molar-refractivity contribution in [2.75, 3.05) is 11.4 Å². The molecule has 4 unspecified atom stereocenters. The van der Waals surface area contributed by atoms with Gasteiger partial charge < -0.3 is 16.0 Å². The van der Waals surface area contributed by atoms with Gasteiger partial charge in [0.25, 0.3) is 0 Å². The molecule has 2 amide bonds. The molecule has 3 N–H and O–H groups in total. The minimum Gasteiger partial charge on any atom is -0.348 e. The number of hydrogen-bond acceptors (Lipinski definition) is 3. The van der Waals surface area contributed by atoms with Crippen molar-refractivity contribution in [3.63, 3.8) is 0 Å². The molecular formula is C34H41N3O2. The molecule has 0 spiro atoms. The summed E-state index contributed by atoms with van der Waals surface area (Å²) < 4.78 is 0. The predicted molar refractivity (Wildman–Crippen MR) is 158 cm³/mol. The molecule has 5 nitrogen and oxygen atoms in total. The predicted octanol–water partition coefficient (Wildman–Crippen LogP) is 5.61. The van der Waals surface area contributed by atoms with Crippen LogP contribution in [0.25, 0.3) is 0 Å². The molecule has 3 aromatic rings. The van der Waals surface area contributed by atoms with Crippen LogP contribution in [-0.2, 0) is 28.9 Å². The average Bonchev–Trinajstić information content (AvgIpc) is 3.21. The first-order chi connectivity index (χ1) is 18.6. The van der Waals surface area contributed by atoms with Crippen LogP contribution in [0.2, 0.25) is 0 Å². The summed E-state index contributed by atoms with van der Waals surface area (Å²) >= 11 is 0. The molecule has 3 aromatic carbocycles. The van der Waals surface area contributed by atoms with Crippen molar-refractivity contribution in [3.05, 3.63) is 99.1 Å². The smallest absolute Gasteiger partial charge is 0.237 e. The second kappa shape index (κ2) is 11.0. The van der Waals surface area contributed by atoms with Gasteiger partial charge in [-0.1, -0.05) is 61.0 Å². The van der Waals surface area contributed by atoms with E-state index in [-0.39, 0.29) is 17.9 Å². The third-order valence-electron chi connectivity index (χ3n) is 8.93. The SMILES string of the molecule is CC(=O)N1CCC(NC(=O)C(N)Cc2c(C)cc(C)cc2C)c2cc(CC3Cc4ccccc4C3C)ccc21. The van der Waals surface area contributed by atoms with Crippen molar-refractivity contribution in [1.29, 1.82) is 0 Å². The van der Waals surface area contributed by atoms with Crippen LogP contribution in [-0.4, -0.2) is 24.4 Å². The number of carbonyl (C=O) groups is 2. The van der Waals surface area contributed by atoms with E-state index in [9.17, 15) is 9.59 Å². The van der Waals surface area contributed by atoms with Gasteiger partial charge in [-0.05, 0) is 103 Å². The largest absolute Gasteiger partial charge is 0.348 e. The quantitative estimate of drug-likeness (QED) is 0.441. The second-order valence-electron chi connectivity index (χ2n) is 11.8. The summed E-state index contributed by atoms with van der Waals surface area (Å²) in [6.45, 7) is 10.8. The molecule has 0 saturated carbocycles. The van der Waals surface area contributed by atoms with Crippen molar-refractivity contribution in [3.8, 4) is 0 Å². The van der Waals surface area contributed by atoms with Crippen LogP contribution >= 0.6 is 0 Å². The van der Waals surface area contributed by atoms with Gasteiger partial charge in [-0.15, -0.1) is 0 Å². The number of hydrogen-bond donors (Lipinski definition) is 2. The Morgan fingerprint density at radius 2 is 1.74 bits per heavy atom. The minimum absolute atomic E-state index is 0.0238. The van der Waals surface area contributed by atoms with Crippen molar-refractivity contribution in [2.24, 2.45) is 11.7 Å². The van der Waals surface area contributed by atoms with Crippen molar-refractivity contribution in [2.45, 2.75) is 78.3 Å². The van der Waals surface area contributed by atoms with Gasteiger partial charge >= 0.3 is 0 Å². The van der Waals surface area contributed by atoms with Crippen LogP contribution in [0.3, 0.4) is 0 Å². The highest BCUT2D eigenvalue weighted by atomic mass is 16.2. The normalized spacial score (nSPS) is 20.8. The monoisotopic (exact) mass is 523 g/mol. The van der Waals surface area contributed by atoms with Crippen LogP contribution in [0, 0.1) is 26.7 Å². The van der Waals surface area contributed by atoms with E-state index in [1.165, 1.54) is 33.4 Å². The highest BCUT2D eigenvalue weighted by Gasteiger charge is 2.32. The number of aryl methyl sites for hydroxylation is 3. The molecule has 0 radical (unpaired) electrons. The number of amides is 2. The lowest BCUT2D eigenvalue weighted by atomic mass is 9.86. The third kappa shape index (κ3) is 5.51. The number of anilines is 1. The molecule has 0 bridgehead atoms. The third-order valence-corrected chi connectivity index (χ3v) is 8.93. The number of rotatable bonds is 6. The summed E-state index contributed by atoms with van der Waals surface area (Å²) in [6.07, 6.45) is 3.22. The molecule has 0 aromatic heterocycles. The van der Waals surface area contributed by atoms with E-state index in [1.54, 1.807) is 6.92 Å². The maximum atomic E-state index is 13.3. The molecule has 5 heteroatoms. The van der Waals surface area contributed by atoms with Gasteiger partial charge in [0.1, 0.15) is 0 Å². The van der Waals surface area contributed by atoms with E-state index in [2.05, 4.69) is 87.6 Å². The Kier molecular flexibility index (Phi) is 7.64. The lowest BCUT2D eigenvalue weighted by Crippen LogP contribution is -2.46. The number of nitrogens with zero attached hydrogens (tertiary/aromatic N) is 1. The molecule has 4 atom stereocenters. The zero-order valence-corrected chi connectivity index (χ0v) is 23.9. The molecular weight excluding hydrogens is 482 g/mol. The summed E-state index contributed by atoms with van der Waals surface area (Å²) in [5.74, 6) is 0.922. The standard InChI is InChI=1S/C34H41N3O2/c1-20-14-21(2)29(22(3)15-20)19-31(35)34(39)36-32-12-13-37(24(5)38)33-11-10-25(17-30(32)33)16-27-18-26-8-6-7-9-28(26)23(27)4/h6-11,14-15,17,23,27,31-32H,12-13,16,18-19,35H2,1-5H3,(H,36,39). The Hall–Kier alpha value is -3.44. The van der Waals surface area contributed by atoms with Crippen molar-refractivity contribution < 1.29 is 9.59 Å². The van der Waals surface area contributed by atoms with Crippen molar-refractivity contribution >= 4 is 17.5 Å². The van der Waals surface area contributed by atoms with E-state index in [4.69, 9.17) is 5.73 Å². The first-order valence-corrected chi connectivity index (χ1v) is 14.2. The molecule has 1 heterocycles. The Morgan fingerprint density at radius 1 is 1.03 bits per heavy atom. The van der Waals surface area contributed by atoms with E-state index in [1.807, 2.05) is 4.90 Å². The fraction of sp³-hybridized carbons (Fsp3) is 0.412. The summed E-state index contributed by atoms with van der Waals surface area (Å²) in [4.78, 5) is 27.6. The van der Waals surface area contributed by atoms with E-state index in [0.717, 1.165) is 29.7 Å². The van der Waals surface area contributed by atoms with E-state index in [0.29, 0.717) is 31.2 Å². The first kappa shape index (κ1) is 27.1. The number of carbonyl (C=O) groups excluding carboxylic acids is 2. The van der Waals surface area contributed by atoms with Gasteiger partial charge in [-0.3, -0.25) is 9.59 Å². The summed E-state index contributed by atoms with van der Waals surface area (Å²) in [6, 6.07) is 18.7. The number of nitrogens with two attached hydrogens (primary N) is 1. The molecule has 1 aliphatic carbocycles. The zero-order chi connectivity index (χ0) is 27.8. The Balaban J connectivity index is 1.35. The maximum Gasteiger partial charge on any atom is 0.237 e. The minimum atomic E-state index is -0.639. The lowest BCUT2D eigenvalue weighted by Gasteiger charge is -2.35. The summed E-state index contributed by atoms with van der Waals surface area (Å²) in [5, 5.41) is 3.25. The van der Waals surface area contributed by atoms with E-state index >= 15 is 0 Å². The van der Waals surface area contributed by atoms with Gasteiger partial charge in [-0.2, -0.15) is 0 Å². The fourth-order valence-electron chi connectivity index (χ4n) is 6.82. The highest BCUT2D eigenvalue weighted by molar-refractivity contribution is 5.93. The summed E-state index contributed by atoms with van der Waals surface area (Å²) in [7, 11) is 0. The van der Waals surface area contributed by atoms with Crippen molar-refractivity contribution in [1.82, 2.24) is 5.32 Å². The topological polar surface area (TPSA) is 75.4 Å². The fourth-order valence-corrected chi connectivity index (χ4v) is 6.82. The van der Waals surface area contributed by atoms with E-state index < -0.39 is 6.04 Å². The van der Waals surface area contributed by atoms with Gasteiger partial charge in [0.2, 0.25) is 11.8 Å². The van der Waals surface area contributed by atoms with Gasteiger partial charge in [-0.25, -0.2) is 0 Å². The van der Waals surface area contributed by atoms with Crippen LogP contribution in [0.1, 0.15) is 76.7 Å². The first-order valence-electron chi connectivity index (χ1n) is 14.2. The number of benzene rings is 3.